The van der Waals surface area contributed by atoms with Crippen LogP contribution in [-0.4, -0.2) is 0 Å². The predicted molar refractivity (Wildman–Crippen MR) is 86.8 cm³/mol. The number of rotatable bonds is 4. The number of thiophene rings is 1. The smallest absolute Gasteiger partial charge is 0.127 e. The van der Waals surface area contributed by atoms with Crippen molar-refractivity contribution in [3.8, 4) is 10.4 Å². The minimum Gasteiger partial charge on any atom is -0.461 e. The van der Waals surface area contributed by atoms with E-state index in [1.165, 1.54) is 16.0 Å². The first-order valence-electron chi connectivity index (χ1n) is 6.76. The first-order valence-corrected chi connectivity index (χ1v) is 7.64. The normalized spacial score (nSPS) is 11.2. The fourth-order valence-electron chi connectivity index (χ4n) is 2.18. The Morgan fingerprint density at radius 3 is 2.60 bits per heavy atom. The Hall–Kier alpha value is -2.06. The van der Waals surface area contributed by atoms with Crippen molar-refractivity contribution < 1.29 is 4.42 Å². The summed E-state index contributed by atoms with van der Waals surface area (Å²) in [6.07, 6.45) is 5.02. The van der Waals surface area contributed by atoms with Crippen LogP contribution in [0.1, 0.15) is 24.0 Å². The van der Waals surface area contributed by atoms with Crippen LogP contribution in [0.5, 0.6) is 0 Å². The van der Waals surface area contributed by atoms with Gasteiger partial charge < -0.3 is 4.42 Å². The predicted octanol–water partition coefficient (Wildman–Crippen LogP) is 5.74. The fourth-order valence-corrected chi connectivity index (χ4v) is 2.94. The van der Waals surface area contributed by atoms with Gasteiger partial charge in [0.15, 0.2) is 0 Å². The van der Waals surface area contributed by atoms with Crippen LogP contribution in [0.3, 0.4) is 0 Å². The van der Waals surface area contributed by atoms with Crippen molar-refractivity contribution in [1.82, 2.24) is 0 Å². The second-order valence-electron chi connectivity index (χ2n) is 4.56. The average Bonchev–Trinajstić information content (AvgIpc) is 3.15. The second-order valence-corrected chi connectivity index (χ2v) is 5.51. The lowest BCUT2D eigenvalue weighted by molar-refractivity contribution is 0.509. The molecule has 0 fully saturated rings. The summed E-state index contributed by atoms with van der Waals surface area (Å²) in [6, 6.07) is 16.6. The first-order chi connectivity index (χ1) is 9.86. The molecule has 1 aromatic carbocycles. The van der Waals surface area contributed by atoms with E-state index in [4.69, 9.17) is 4.42 Å². The van der Waals surface area contributed by atoms with Gasteiger partial charge in [0.1, 0.15) is 11.5 Å². The van der Waals surface area contributed by atoms with Crippen LogP contribution in [0.2, 0.25) is 0 Å². The zero-order valence-corrected chi connectivity index (χ0v) is 12.2. The van der Waals surface area contributed by atoms with Crippen molar-refractivity contribution in [2.75, 3.05) is 0 Å². The van der Waals surface area contributed by atoms with Crippen LogP contribution in [0.4, 0.5) is 0 Å². The molecule has 0 radical (unpaired) electrons. The number of hydrogen-bond acceptors (Lipinski definition) is 2. The Kier molecular flexibility index (Phi) is 3.84. The van der Waals surface area contributed by atoms with Crippen molar-refractivity contribution in [3.05, 3.63) is 71.0 Å². The van der Waals surface area contributed by atoms with E-state index in [1.54, 1.807) is 11.3 Å². The number of benzene rings is 1. The summed E-state index contributed by atoms with van der Waals surface area (Å²) in [6.45, 7) is 2.13. The zero-order valence-electron chi connectivity index (χ0n) is 11.4. The molecule has 0 aliphatic rings. The molecule has 0 aliphatic heterocycles. The molecule has 20 heavy (non-hydrogen) atoms. The minimum absolute atomic E-state index is 0.909. The molecule has 2 heterocycles. The molecule has 0 spiro atoms. The Morgan fingerprint density at radius 2 is 1.90 bits per heavy atom. The Bertz CT molecular complexity index is 690. The molecule has 0 aliphatic carbocycles. The zero-order chi connectivity index (χ0) is 13.8. The molecule has 100 valence electrons. The quantitative estimate of drug-likeness (QED) is 0.594. The summed E-state index contributed by atoms with van der Waals surface area (Å²) in [7, 11) is 0. The topological polar surface area (TPSA) is 13.1 Å². The molecular weight excluding hydrogens is 264 g/mol. The summed E-state index contributed by atoms with van der Waals surface area (Å²) in [5.74, 6) is 1.97. The highest BCUT2D eigenvalue weighted by Crippen LogP contribution is 2.31. The van der Waals surface area contributed by atoms with Crippen molar-refractivity contribution in [2.24, 2.45) is 0 Å². The van der Waals surface area contributed by atoms with Crippen molar-refractivity contribution in [1.29, 1.82) is 0 Å². The van der Waals surface area contributed by atoms with E-state index < -0.39 is 0 Å². The second kappa shape index (κ2) is 5.93. The fraction of sp³-hybridized carbons (Fsp3) is 0.111. The SMILES string of the molecule is CCc1oc(/C=C/c2ccccc2)cc1-c1cccs1. The van der Waals surface area contributed by atoms with E-state index in [-0.39, 0.29) is 0 Å². The summed E-state index contributed by atoms with van der Waals surface area (Å²) in [4.78, 5) is 1.27. The molecule has 0 N–H and O–H groups in total. The largest absolute Gasteiger partial charge is 0.461 e. The van der Waals surface area contributed by atoms with Gasteiger partial charge in [0.05, 0.1) is 0 Å². The highest BCUT2D eigenvalue weighted by atomic mass is 32.1. The van der Waals surface area contributed by atoms with Crippen LogP contribution in [0.25, 0.3) is 22.6 Å². The van der Waals surface area contributed by atoms with Gasteiger partial charge in [-0.05, 0) is 29.2 Å². The van der Waals surface area contributed by atoms with Crippen LogP contribution in [0.15, 0.2) is 58.3 Å². The Balaban J connectivity index is 1.90. The average molecular weight is 280 g/mol. The minimum atomic E-state index is 0.909. The molecule has 0 amide bonds. The summed E-state index contributed by atoms with van der Waals surface area (Å²) in [5, 5.41) is 2.10. The number of hydrogen-bond donors (Lipinski definition) is 0. The first kappa shape index (κ1) is 12.9. The van der Waals surface area contributed by atoms with Gasteiger partial charge in [-0.25, -0.2) is 0 Å². The molecule has 0 bridgehead atoms. The third-order valence-electron chi connectivity index (χ3n) is 3.18. The monoisotopic (exact) mass is 280 g/mol. The van der Waals surface area contributed by atoms with Gasteiger partial charge in [0, 0.05) is 16.9 Å². The molecular formula is C18H16OS. The maximum atomic E-state index is 5.93. The van der Waals surface area contributed by atoms with Gasteiger partial charge in [-0.1, -0.05) is 49.4 Å². The Labute approximate surface area is 123 Å². The van der Waals surface area contributed by atoms with Gasteiger partial charge >= 0.3 is 0 Å². The highest BCUT2D eigenvalue weighted by molar-refractivity contribution is 7.13. The molecule has 2 heteroatoms. The summed E-state index contributed by atoms with van der Waals surface area (Å²) < 4.78 is 5.93. The van der Waals surface area contributed by atoms with Gasteiger partial charge in [-0.15, -0.1) is 11.3 Å². The van der Waals surface area contributed by atoms with Gasteiger partial charge in [0.25, 0.3) is 0 Å². The van der Waals surface area contributed by atoms with Crippen molar-refractivity contribution >= 4 is 23.5 Å². The van der Waals surface area contributed by atoms with E-state index in [9.17, 15) is 0 Å². The van der Waals surface area contributed by atoms with E-state index in [1.807, 2.05) is 24.3 Å². The van der Waals surface area contributed by atoms with Crippen molar-refractivity contribution in [2.45, 2.75) is 13.3 Å². The van der Waals surface area contributed by atoms with Crippen LogP contribution in [-0.2, 0) is 6.42 Å². The van der Waals surface area contributed by atoms with Crippen molar-refractivity contribution in [3.63, 3.8) is 0 Å². The van der Waals surface area contributed by atoms with E-state index in [0.717, 1.165) is 17.9 Å². The summed E-state index contributed by atoms with van der Waals surface area (Å²) >= 11 is 1.75. The molecule has 0 atom stereocenters. The van der Waals surface area contributed by atoms with Gasteiger partial charge in [0.2, 0.25) is 0 Å². The summed E-state index contributed by atoms with van der Waals surface area (Å²) in [5.41, 5.74) is 2.40. The van der Waals surface area contributed by atoms with E-state index in [2.05, 4.69) is 48.7 Å². The Morgan fingerprint density at radius 1 is 1.05 bits per heavy atom. The number of aryl methyl sites for hydroxylation is 1. The molecule has 3 rings (SSSR count). The number of furan rings is 1. The van der Waals surface area contributed by atoms with Crippen LogP contribution in [0, 0.1) is 0 Å². The highest BCUT2D eigenvalue weighted by Gasteiger charge is 2.10. The van der Waals surface area contributed by atoms with Gasteiger partial charge in [-0.2, -0.15) is 0 Å². The maximum absolute atomic E-state index is 5.93. The van der Waals surface area contributed by atoms with Crippen LogP contribution >= 0.6 is 11.3 Å². The molecule has 0 unspecified atom stereocenters. The standard InChI is InChI=1S/C18H16OS/c1-2-17-16(18-9-6-12-20-18)13-15(19-17)11-10-14-7-4-3-5-8-14/h3-13H,2H2,1H3/b11-10+. The lowest BCUT2D eigenvalue weighted by atomic mass is 10.1. The van der Waals surface area contributed by atoms with Crippen LogP contribution < -0.4 is 0 Å². The third kappa shape index (κ3) is 2.75. The molecule has 2 aromatic heterocycles. The molecule has 3 aromatic rings. The third-order valence-corrected chi connectivity index (χ3v) is 4.08. The van der Waals surface area contributed by atoms with E-state index >= 15 is 0 Å². The lowest BCUT2D eigenvalue weighted by Gasteiger charge is -1.94. The molecule has 1 nitrogen and oxygen atoms in total. The molecule has 0 saturated carbocycles. The lowest BCUT2D eigenvalue weighted by Crippen LogP contribution is -1.77. The molecule has 0 saturated heterocycles. The maximum Gasteiger partial charge on any atom is 0.127 e. The van der Waals surface area contributed by atoms with Gasteiger partial charge in [-0.3, -0.25) is 0 Å². The van der Waals surface area contributed by atoms with E-state index in [0.29, 0.717) is 0 Å².